The Morgan fingerprint density at radius 1 is 1.40 bits per heavy atom. The van der Waals surface area contributed by atoms with E-state index in [-0.39, 0.29) is 17.5 Å². The summed E-state index contributed by atoms with van der Waals surface area (Å²) in [5.74, 6) is 0.461. The molecule has 1 amide bonds. The van der Waals surface area contributed by atoms with Crippen LogP contribution in [0.4, 0.5) is 5.69 Å². The lowest BCUT2D eigenvalue weighted by Crippen LogP contribution is -2.21. The van der Waals surface area contributed by atoms with Gasteiger partial charge in [0.25, 0.3) is 0 Å². The maximum Gasteiger partial charge on any atom is 0.250 e. The second-order valence-electron chi connectivity index (χ2n) is 5.05. The van der Waals surface area contributed by atoms with E-state index < -0.39 is 0 Å². The Hall–Kier alpha value is -1.46. The fourth-order valence-corrected chi connectivity index (χ4v) is 1.93. The van der Waals surface area contributed by atoms with E-state index in [2.05, 4.69) is 19.2 Å². The van der Waals surface area contributed by atoms with E-state index in [1.54, 1.807) is 12.1 Å². The van der Waals surface area contributed by atoms with E-state index in [4.69, 9.17) is 22.7 Å². The van der Waals surface area contributed by atoms with Gasteiger partial charge in [-0.1, -0.05) is 38.2 Å². The number of ether oxygens (including phenoxy) is 1. The number of carbonyl (C=O) groups excluding carboxylic acids is 1. The third kappa shape index (κ3) is 6.12. The van der Waals surface area contributed by atoms with Crippen molar-refractivity contribution in [3.63, 3.8) is 0 Å². The van der Waals surface area contributed by atoms with Crippen LogP contribution >= 0.6 is 12.2 Å². The molecule has 4 nitrogen and oxygen atoms in total. The van der Waals surface area contributed by atoms with Gasteiger partial charge in [-0.15, -0.1) is 0 Å². The average Bonchev–Trinajstić information content (AvgIpc) is 2.38. The first-order valence-corrected chi connectivity index (χ1v) is 7.18. The highest BCUT2D eigenvalue weighted by Crippen LogP contribution is 2.14. The van der Waals surface area contributed by atoms with Gasteiger partial charge >= 0.3 is 0 Å². The molecule has 1 rings (SSSR count). The minimum atomic E-state index is -0.196. The van der Waals surface area contributed by atoms with E-state index in [0.29, 0.717) is 23.8 Å². The Bertz CT molecular complexity index is 461. The molecule has 0 bridgehead atoms. The Morgan fingerprint density at radius 2 is 2.10 bits per heavy atom. The number of nitrogens with one attached hydrogen (secondary N) is 1. The van der Waals surface area contributed by atoms with Crippen molar-refractivity contribution < 1.29 is 9.53 Å². The van der Waals surface area contributed by atoms with Crippen LogP contribution in [0.5, 0.6) is 0 Å². The summed E-state index contributed by atoms with van der Waals surface area (Å²) in [5, 5.41) is 2.76. The summed E-state index contributed by atoms with van der Waals surface area (Å²) < 4.78 is 5.34. The lowest BCUT2D eigenvalue weighted by atomic mass is 10.1. The number of hydrogen-bond donors (Lipinski definition) is 2. The summed E-state index contributed by atoms with van der Waals surface area (Å²) in [6.07, 6.45) is 2.07. The highest BCUT2D eigenvalue weighted by atomic mass is 32.1. The molecular formula is C15H22N2O2S. The maximum atomic E-state index is 11.8. The van der Waals surface area contributed by atoms with E-state index in [1.807, 2.05) is 12.1 Å². The number of anilines is 1. The molecule has 0 aliphatic carbocycles. The van der Waals surface area contributed by atoms with Gasteiger partial charge in [-0.2, -0.15) is 0 Å². The number of carbonyl (C=O) groups is 1. The summed E-state index contributed by atoms with van der Waals surface area (Å²) in [4.78, 5) is 12.0. The molecule has 0 aliphatic rings. The molecule has 0 saturated carbocycles. The molecule has 0 heterocycles. The number of rotatable bonds is 8. The molecule has 5 heteroatoms. The molecular weight excluding hydrogens is 272 g/mol. The second-order valence-corrected chi connectivity index (χ2v) is 5.49. The Labute approximate surface area is 125 Å². The first-order valence-electron chi connectivity index (χ1n) is 6.77. The predicted molar refractivity (Wildman–Crippen MR) is 85.9 cm³/mol. The standard InChI is InChI=1S/C15H22N2O2S/c1-11(2)6-5-9-19-10-14(18)17-13-8-4-3-7-12(13)15(16)20/h3-4,7-8,11H,5-6,9-10H2,1-2H3,(H2,16,20)(H,17,18). The number of nitrogens with two attached hydrogens (primary N) is 1. The van der Waals surface area contributed by atoms with Gasteiger partial charge in [-0.3, -0.25) is 4.79 Å². The van der Waals surface area contributed by atoms with E-state index in [0.717, 1.165) is 12.8 Å². The number of hydrogen-bond acceptors (Lipinski definition) is 3. The molecule has 0 aromatic heterocycles. The smallest absolute Gasteiger partial charge is 0.250 e. The van der Waals surface area contributed by atoms with Crippen LogP contribution in [-0.4, -0.2) is 24.1 Å². The van der Waals surface area contributed by atoms with Gasteiger partial charge in [-0.25, -0.2) is 0 Å². The first kappa shape index (κ1) is 16.6. The van der Waals surface area contributed by atoms with Crippen molar-refractivity contribution in [1.29, 1.82) is 0 Å². The maximum absolute atomic E-state index is 11.8. The molecule has 0 spiro atoms. The molecule has 20 heavy (non-hydrogen) atoms. The molecule has 110 valence electrons. The first-order chi connectivity index (χ1) is 9.50. The zero-order valence-electron chi connectivity index (χ0n) is 12.0. The largest absolute Gasteiger partial charge is 0.389 e. The summed E-state index contributed by atoms with van der Waals surface area (Å²) >= 11 is 4.94. The van der Waals surface area contributed by atoms with Crippen molar-refractivity contribution in [1.82, 2.24) is 0 Å². The van der Waals surface area contributed by atoms with Crippen molar-refractivity contribution in [2.45, 2.75) is 26.7 Å². The van der Waals surface area contributed by atoms with Gasteiger partial charge in [-0.05, 0) is 30.9 Å². The Balaban J connectivity index is 2.37. The van der Waals surface area contributed by atoms with E-state index in [1.165, 1.54) is 0 Å². The van der Waals surface area contributed by atoms with Crippen LogP contribution in [0.1, 0.15) is 32.3 Å². The highest BCUT2D eigenvalue weighted by molar-refractivity contribution is 7.80. The molecule has 0 fully saturated rings. The SMILES string of the molecule is CC(C)CCCOCC(=O)Nc1ccccc1C(N)=S. The van der Waals surface area contributed by atoms with Crippen molar-refractivity contribution in [2.75, 3.05) is 18.5 Å². The highest BCUT2D eigenvalue weighted by Gasteiger charge is 2.08. The molecule has 0 unspecified atom stereocenters. The lowest BCUT2D eigenvalue weighted by molar-refractivity contribution is -0.120. The molecule has 1 aromatic carbocycles. The molecule has 0 radical (unpaired) electrons. The van der Waals surface area contributed by atoms with Crippen LogP contribution in [0.25, 0.3) is 0 Å². The van der Waals surface area contributed by atoms with Crippen LogP contribution in [0, 0.1) is 5.92 Å². The van der Waals surface area contributed by atoms with Crippen LogP contribution in [0.3, 0.4) is 0 Å². The predicted octanol–water partition coefficient (Wildman–Crippen LogP) is 2.71. The number of benzene rings is 1. The third-order valence-corrected chi connectivity index (χ3v) is 2.99. The Morgan fingerprint density at radius 3 is 2.75 bits per heavy atom. The minimum Gasteiger partial charge on any atom is -0.389 e. The molecule has 0 aliphatic heterocycles. The number of amides is 1. The number of thiocarbonyl (C=S) groups is 1. The quantitative estimate of drug-likeness (QED) is 0.571. The van der Waals surface area contributed by atoms with Crippen LogP contribution in [0.2, 0.25) is 0 Å². The summed E-state index contributed by atoms with van der Waals surface area (Å²) in [5.41, 5.74) is 6.89. The van der Waals surface area contributed by atoms with Gasteiger partial charge in [0.2, 0.25) is 5.91 Å². The fraction of sp³-hybridized carbons (Fsp3) is 0.467. The van der Waals surface area contributed by atoms with E-state index in [9.17, 15) is 4.79 Å². The van der Waals surface area contributed by atoms with Crippen LogP contribution < -0.4 is 11.1 Å². The minimum absolute atomic E-state index is 0.0454. The zero-order valence-corrected chi connectivity index (χ0v) is 12.8. The average molecular weight is 294 g/mol. The van der Waals surface area contributed by atoms with Gasteiger partial charge in [0.15, 0.2) is 0 Å². The second kappa shape index (κ2) is 8.66. The van der Waals surface area contributed by atoms with Crippen molar-refractivity contribution in [3.8, 4) is 0 Å². The van der Waals surface area contributed by atoms with Crippen molar-refractivity contribution in [2.24, 2.45) is 11.7 Å². The monoisotopic (exact) mass is 294 g/mol. The van der Waals surface area contributed by atoms with E-state index >= 15 is 0 Å². The summed E-state index contributed by atoms with van der Waals surface area (Å²) in [6.45, 7) is 4.98. The third-order valence-electron chi connectivity index (χ3n) is 2.77. The van der Waals surface area contributed by atoms with Gasteiger partial charge in [0, 0.05) is 12.2 Å². The summed E-state index contributed by atoms with van der Waals surface area (Å²) in [6, 6.07) is 7.19. The van der Waals surface area contributed by atoms with Gasteiger partial charge in [0.1, 0.15) is 11.6 Å². The molecule has 0 atom stereocenters. The Kier molecular flexibility index (Phi) is 7.18. The van der Waals surface area contributed by atoms with Crippen LogP contribution in [-0.2, 0) is 9.53 Å². The van der Waals surface area contributed by atoms with Crippen molar-refractivity contribution in [3.05, 3.63) is 29.8 Å². The normalized spacial score (nSPS) is 10.6. The summed E-state index contributed by atoms with van der Waals surface area (Å²) in [7, 11) is 0. The van der Waals surface area contributed by atoms with Gasteiger partial charge < -0.3 is 15.8 Å². The lowest BCUT2D eigenvalue weighted by Gasteiger charge is -2.10. The van der Waals surface area contributed by atoms with Crippen LogP contribution in [0.15, 0.2) is 24.3 Å². The topological polar surface area (TPSA) is 64.3 Å². The van der Waals surface area contributed by atoms with Gasteiger partial charge in [0.05, 0.1) is 5.69 Å². The fourth-order valence-electron chi connectivity index (χ4n) is 1.75. The molecule has 1 aromatic rings. The number of para-hydroxylation sites is 1. The molecule has 3 N–H and O–H groups in total. The zero-order chi connectivity index (χ0) is 15.0. The van der Waals surface area contributed by atoms with Crippen molar-refractivity contribution >= 4 is 28.8 Å². The molecule has 0 saturated heterocycles.